The molecule has 0 saturated carbocycles. The Bertz CT molecular complexity index is 634. The van der Waals surface area contributed by atoms with E-state index in [1.807, 2.05) is 12.1 Å². The number of ether oxygens (including phenoxy) is 1. The molecular weight excluding hydrogens is 296 g/mol. The van der Waals surface area contributed by atoms with E-state index in [2.05, 4.69) is 9.72 Å². The maximum atomic E-state index is 11.4. The highest BCUT2D eigenvalue weighted by Gasteiger charge is 2.08. The molecule has 0 bridgehead atoms. The van der Waals surface area contributed by atoms with Gasteiger partial charge < -0.3 is 10.5 Å². The molecule has 104 valence electrons. The average molecular weight is 309 g/mol. The Morgan fingerprint density at radius 2 is 2.20 bits per heavy atom. The van der Waals surface area contributed by atoms with Crippen molar-refractivity contribution in [2.45, 2.75) is 10.6 Å². The highest BCUT2D eigenvalue weighted by molar-refractivity contribution is 7.98. The van der Waals surface area contributed by atoms with Gasteiger partial charge in [0, 0.05) is 21.4 Å². The van der Waals surface area contributed by atoms with Crippen LogP contribution in [0.5, 0.6) is 0 Å². The number of nitrogens with two attached hydrogens (primary N) is 1. The lowest BCUT2D eigenvalue weighted by molar-refractivity contribution is 0.0594. The first kappa shape index (κ1) is 14.7. The van der Waals surface area contributed by atoms with Gasteiger partial charge in [-0.05, 0) is 30.3 Å². The normalized spacial score (nSPS) is 10.3. The van der Waals surface area contributed by atoms with Crippen LogP contribution in [0.4, 0.5) is 5.69 Å². The summed E-state index contributed by atoms with van der Waals surface area (Å²) in [6, 6.07) is 10.6. The Hall–Kier alpha value is -1.72. The number of thioether (sulfide) groups is 1. The Kier molecular flexibility index (Phi) is 4.87. The molecule has 0 saturated heterocycles. The van der Waals surface area contributed by atoms with Crippen LogP contribution in [0.15, 0.2) is 41.3 Å². The molecule has 1 heterocycles. The molecule has 2 N–H and O–H groups in total. The van der Waals surface area contributed by atoms with Crippen molar-refractivity contribution in [2.75, 3.05) is 12.8 Å². The summed E-state index contributed by atoms with van der Waals surface area (Å²) in [6.45, 7) is 0. The maximum Gasteiger partial charge on any atom is 0.356 e. The molecule has 4 nitrogen and oxygen atoms in total. The zero-order valence-corrected chi connectivity index (χ0v) is 12.4. The van der Waals surface area contributed by atoms with Gasteiger partial charge >= 0.3 is 5.97 Å². The van der Waals surface area contributed by atoms with E-state index in [4.69, 9.17) is 17.3 Å². The Balaban J connectivity index is 2.11. The number of halogens is 1. The summed E-state index contributed by atoms with van der Waals surface area (Å²) < 4.78 is 4.64. The van der Waals surface area contributed by atoms with Crippen LogP contribution >= 0.6 is 23.4 Å². The van der Waals surface area contributed by atoms with Crippen LogP contribution in [0.3, 0.4) is 0 Å². The number of nitrogen functional groups attached to an aromatic ring is 1. The number of hydrogen-bond donors (Lipinski definition) is 1. The zero-order chi connectivity index (χ0) is 14.5. The van der Waals surface area contributed by atoms with E-state index in [1.54, 1.807) is 24.3 Å². The summed E-state index contributed by atoms with van der Waals surface area (Å²) in [5.41, 5.74) is 7.62. The van der Waals surface area contributed by atoms with Crippen LogP contribution in [0.1, 0.15) is 16.2 Å². The van der Waals surface area contributed by atoms with Gasteiger partial charge in [-0.3, -0.25) is 0 Å². The van der Waals surface area contributed by atoms with E-state index >= 15 is 0 Å². The second kappa shape index (κ2) is 6.63. The van der Waals surface area contributed by atoms with Gasteiger partial charge in [0.2, 0.25) is 0 Å². The fourth-order valence-corrected chi connectivity index (χ4v) is 2.71. The van der Waals surface area contributed by atoms with E-state index < -0.39 is 5.97 Å². The minimum absolute atomic E-state index is 0.296. The smallest absolute Gasteiger partial charge is 0.356 e. The number of nitrogens with zero attached hydrogens (tertiary/aromatic N) is 1. The van der Waals surface area contributed by atoms with E-state index in [-0.39, 0.29) is 0 Å². The van der Waals surface area contributed by atoms with E-state index in [0.29, 0.717) is 22.2 Å². The first-order valence-electron chi connectivity index (χ1n) is 5.82. The van der Waals surface area contributed by atoms with Gasteiger partial charge in [-0.1, -0.05) is 17.7 Å². The number of methoxy groups -OCH3 is 1. The molecule has 2 rings (SSSR count). The lowest BCUT2D eigenvalue weighted by Crippen LogP contribution is -2.05. The van der Waals surface area contributed by atoms with E-state index in [9.17, 15) is 4.79 Å². The molecule has 1 aromatic carbocycles. The summed E-state index contributed by atoms with van der Waals surface area (Å²) in [6.07, 6.45) is 0. The number of rotatable bonds is 4. The van der Waals surface area contributed by atoms with Crippen molar-refractivity contribution in [3.05, 3.63) is 52.8 Å². The monoisotopic (exact) mass is 308 g/mol. The minimum Gasteiger partial charge on any atom is -0.464 e. The molecule has 0 radical (unpaired) electrons. The number of benzene rings is 1. The van der Waals surface area contributed by atoms with Crippen molar-refractivity contribution in [1.29, 1.82) is 0 Å². The van der Waals surface area contributed by atoms with Crippen molar-refractivity contribution in [3.8, 4) is 0 Å². The SMILES string of the molecule is COC(=O)c1cccc(CSc2cc(Cl)ccc2N)n1. The third-order valence-electron chi connectivity index (χ3n) is 2.55. The maximum absolute atomic E-state index is 11.4. The molecule has 0 aliphatic rings. The summed E-state index contributed by atoms with van der Waals surface area (Å²) in [7, 11) is 1.33. The predicted octanol–water partition coefficient (Wildman–Crippen LogP) is 3.40. The third kappa shape index (κ3) is 3.65. The minimum atomic E-state index is -0.445. The van der Waals surface area contributed by atoms with Crippen LogP contribution < -0.4 is 5.73 Å². The standard InChI is InChI=1S/C14H13ClN2O2S/c1-19-14(18)12-4-2-3-10(17-12)8-20-13-7-9(15)5-6-11(13)16/h2-7H,8,16H2,1H3. The number of anilines is 1. The molecule has 0 spiro atoms. The first-order valence-corrected chi connectivity index (χ1v) is 7.18. The quantitative estimate of drug-likeness (QED) is 0.533. The number of aromatic nitrogens is 1. The number of esters is 1. The van der Waals surface area contributed by atoms with Crippen molar-refractivity contribution >= 4 is 35.0 Å². The van der Waals surface area contributed by atoms with Gasteiger partial charge in [-0.2, -0.15) is 0 Å². The molecule has 1 aromatic heterocycles. The molecule has 0 fully saturated rings. The highest BCUT2D eigenvalue weighted by atomic mass is 35.5. The molecule has 0 amide bonds. The zero-order valence-electron chi connectivity index (χ0n) is 10.8. The van der Waals surface area contributed by atoms with E-state index in [1.165, 1.54) is 18.9 Å². The summed E-state index contributed by atoms with van der Waals surface area (Å²) in [4.78, 5) is 16.5. The van der Waals surface area contributed by atoms with Crippen LogP contribution in [-0.4, -0.2) is 18.1 Å². The van der Waals surface area contributed by atoms with Crippen molar-refractivity contribution in [3.63, 3.8) is 0 Å². The lowest BCUT2D eigenvalue weighted by atomic mass is 10.3. The second-order valence-corrected chi connectivity index (χ2v) is 5.43. The van der Waals surface area contributed by atoms with Gasteiger partial charge in [0.05, 0.1) is 12.8 Å². The van der Waals surface area contributed by atoms with Crippen LogP contribution in [0.2, 0.25) is 5.02 Å². The van der Waals surface area contributed by atoms with Gasteiger partial charge in [-0.15, -0.1) is 11.8 Å². The number of hydrogen-bond acceptors (Lipinski definition) is 5. The third-order valence-corrected chi connectivity index (χ3v) is 3.89. The lowest BCUT2D eigenvalue weighted by Gasteiger charge is -2.06. The van der Waals surface area contributed by atoms with Gasteiger partial charge in [0.1, 0.15) is 5.69 Å². The second-order valence-electron chi connectivity index (χ2n) is 3.98. The largest absolute Gasteiger partial charge is 0.464 e. The summed E-state index contributed by atoms with van der Waals surface area (Å²) >= 11 is 7.46. The van der Waals surface area contributed by atoms with Crippen LogP contribution in [0.25, 0.3) is 0 Å². The van der Waals surface area contributed by atoms with Crippen molar-refractivity contribution in [1.82, 2.24) is 4.98 Å². The fourth-order valence-electron chi connectivity index (χ4n) is 1.56. The summed E-state index contributed by atoms with van der Waals surface area (Å²) in [5, 5.41) is 0.637. The molecule has 0 aliphatic carbocycles. The predicted molar refractivity (Wildman–Crippen MR) is 81.0 cm³/mol. The molecular formula is C14H13ClN2O2S. The van der Waals surface area contributed by atoms with Gasteiger partial charge in [0.15, 0.2) is 0 Å². The van der Waals surface area contributed by atoms with Gasteiger partial charge in [-0.25, -0.2) is 9.78 Å². The van der Waals surface area contributed by atoms with Gasteiger partial charge in [0.25, 0.3) is 0 Å². The molecule has 20 heavy (non-hydrogen) atoms. The first-order chi connectivity index (χ1) is 9.60. The van der Waals surface area contributed by atoms with Crippen LogP contribution in [-0.2, 0) is 10.5 Å². The van der Waals surface area contributed by atoms with Crippen molar-refractivity contribution in [2.24, 2.45) is 0 Å². The van der Waals surface area contributed by atoms with Crippen molar-refractivity contribution < 1.29 is 9.53 Å². The average Bonchev–Trinajstić information content (AvgIpc) is 2.47. The summed E-state index contributed by atoms with van der Waals surface area (Å²) in [5.74, 6) is 0.147. The Morgan fingerprint density at radius 1 is 1.40 bits per heavy atom. The topological polar surface area (TPSA) is 65.2 Å². The number of carbonyl (C=O) groups excluding carboxylic acids is 1. The molecule has 0 aliphatic heterocycles. The molecule has 0 unspecified atom stereocenters. The number of carbonyl (C=O) groups is 1. The molecule has 6 heteroatoms. The fraction of sp³-hybridized carbons (Fsp3) is 0.143. The molecule has 2 aromatic rings. The van der Waals surface area contributed by atoms with Crippen LogP contribution in [0, 0.1) is 0 Å². The number of pyridine rings is 1. The molecule has 0 atom stereocenters. The van der Waals surface area contributed by atoms with E-state index in [0.717, 1.165) is 10.6 Å². The highest BCUT2D eigenvalue weighted by Crippen LogP contribution is 2.30. The Morgan fingerprint density at radius 3 is 2.95 bits per heavy atom. The Labute approximate surface area is 126 Å².